The lowest BCUT2D eigenvalue weighted by atomic mass is 10.1. The number of fused-ring (bicyclic) bond motifs is 1. The van der Waals surface area contributed by atoms with Crippen LogP contribution in [0.5, 0.6) is 5.75 Å². The van der Waals surface area contributed by atoms with Crippen molar-refractivity contribution < 1.29 is 17.5 Å². The van der Waals surface area contributed by atoms with E-state index in [1.807, 2.05) is 13.8 Å². The van der Waals surface area contributed by atoms with Crippen LogP contribution in [0.3, 0.4) is 0 Å². The lowest BCUT2D eigenvalue weighted by Crippen LogP contribution is -2.08. The van der Waals surface area contributed by atoms with E-state index in [1.54, 1.807) is 18.3 Å². The van der Waals surface area contributed by atoms with Gasteiger partial charge >= 0.3 is 0 Å². The Morgan fingerprint density at radius 2 is 2.03 bits per heavy atom. The van der Waals surface area contributed by atoms with Crippen molar-refractivity contribution in [2.45, 2.75) is 25.7 Å². The number of rotatable bonds is 6. The van der Waals surface area contributed by atoms with E-state index in [2.05, 4.69) is 21.4 Å². The van der Waals surface area contributed by atoms with Crippen molar-refractivity contribution in [3.05, 3.63) is 53.5 Å². The van der Waals surface area contributed by atoms with Gasteiger partial charge in [-0.05, 0) is 44.2 Å². The Bertz CT molecular complexity index is 1220. The van der Waals surface area contributed by atoms with E-state index in [1.165, 1.54) is 18.2 Å². The van der Waals surface area contributed by atoms with E-state index in [-0.39, 0.29) is 17.6 Å². The molecule has 7 nitrogen and oxygen atoms in total. The highest BCUT2D eigenvalue weighted by molar-refractivity contribution is 7.89. The molecule has 2 aromatic carbocycles. The number of ether oxygens (including phenoxy) is 1. The molecule has 0 aliphatic rings. The highest BCUT2D eigenvalue weighted by Gasteiger charge is 2.15. The second-order valence-electron chi connectivity index (χ2n) is 6.85. The van der Waals surface area contributed by atoms with Gasteiger partial charge in [-0.1, -0.05) is 0 Å². The number of halogens is 1. The standard InChI is InChI=1S/C20H19FN4O3S/c1-12(2)28-19-13(9-22)4-5-14-10-23-20(25-18(14)19)24-16-6-7-17(21)15(8-16)11-29(3,26)27/h4-8,10,12H,11H2,1-3H3,(H,23,24,25). The summed E-state index contributed by atoms with van der Waals surface area (Å²) in [7, 11) is -3.39. The fourth-order valence-electron chi connectivity index (χ4n) is 2.75. The van der Waals surface area contributed by atoms with Gasteiger partial charge in [0.25, 0.3) is 0 Å². The van der Waals surface area contributed by atoms with Gasteiger partial charge < -0.3 is 10.1 Å². The zero-order valence-electron chi connectivity index (χ0n) is 16.1. The van der Waals surface area contributed by atoms with E-state index in [0.717, 1.165) is 6.26 Å². The summed E-state index contributed by atoms with van der Waals surface area (Å²) in [6.45, 7) is 3.70. The number of aromatic nitrogens is 2. The van der Waals surface area contributed by atoms with E-state index < -0.39 is 21.4 Å². The fourth-order valence-corrected chi connectivity index (χ4v) is 3.54. The van der Waals surface area contributed by atoms with Gasteiger partial charge in [-0.2, -0.15) is 5.26 Å². The number of anilines is 2. The van der Waals surface area contributed by atoms with Gasteiger partial charge in [0.05, 0.1) is 17.4 Å². The highest BCUT2D eigenvalue weighted by atomic mass is 32.2. The van der Waals surface area contributed by atoms with Crippen molar-refractivity contribution in [3.63, 3.8) is 0 Å². The van der Waals surface area contributed by atoms with Gasteiger partial charge in [0.2, 0.25) is 5.95 Å². The molecule has 0 amide bonds. The minimum Gasteiger partial charge on any atom is -0.487 e. The molecule has 150 valence electrons. The van der Waals surface area contributed by atoms with Gasteiger partial charge in [0, 0.05) is 29.1 Å². The average molecular weight is 414 g/mol. The van der Waals surface area contributed by atoms with Crippen LogP contribution in [-0.4, -0.2) is 30.7 Å². The average Bonchev–Trinajstić information content (AvgIpc) is 2.63. The Hall–Kier alpha value is -3.25. The molecule has 0 saturated heterocycles. The first-order valence-corrected chi connectivity index (χ1v) is 10.8. The molecule has 1 N–H and O–H groups in total. The van der Waals surface area contributed by atoms with E-state index >= 15 is 0 Å². The summed E-state index contributed by atoms with van der Waals surface area (Å²) in [4.78, 5) is 8.68. The van der Waals surface area contributed by atoms with Gasteiger partial charge in [-0.15, -0.1) is 0 Å². The van der Waals surface area contributed by atoms with Gasteiger partial charge in [-0.25, -0.2) is 22.8 Å². The molecule has 0 radical (unpaired) electrons. The molecule has 29 heavy (non-hydrogen) atoms. The molecule has 3 rings (SSSR count). The molecule has 0 aliphatic heterocycles. The third kappa shape index (κ3) is 4.97. The molecular weight excluding hydrogens is 395 g/mol. The normalized spacial score (nSPS) is 11.4. The molecule has 0 fully saturated rings. The Balaban J connectivity index is 2.01. The predicted octanol–water partition coefficient (Wildman–Crippen LogP) is 3.72. The Labute approximate surface area is 168 Å². The number of nitriles is 1. The van der Waals surface area contributed by atoms with Crippen LogP contribution in [0.1, 0.15) is 25.0 Å². The van der Waals surface area contributed by atoms with E-state index in [9.17, 15) is 18.1 Å². The van der Waals surface area contributed by atoms with Crippen LogP contribution in [0.15, 0.2) is 36.5 Å². The maximum Gasteiger partial charge on any atom is 0.227 e. The molecule has 0 saturated carbocycles. The first-order chi connectivity index (χ1) is 13.7. The van der Waals surface area contributed by atoms with E-state index in [0.29, 0.717) is 27.9 Å². The molecule has 0 spiro atoms. The lowest BCUT2D eigenvalue weighted by Gasteiger charge is -2.14. The predicted molar refractivity (Wildman–Crippen MR) is 108 cm³/mol. The van der Waals surface area contributed by atoms with Crippen LogP contribution < -0.4 is 10.1 Å². The first-order valence-electron chi connectivity index (χ1n) is 8.76. The maximum absolute atomic E-state index is 13.9. The fraction of sp³-hybridized carbons (Fsp3) is 0.250. The molecule has 0 unspecified atom stereocenters. The second-order valence-corrected chi connectivity index (χ2v) is 8.99. The number of benzene rings is 2. The number of hydrogen-bond donors (Lipinski definition) is 1. The van der Waals surface area contributed by atoms with Gasteiger partial charge in [0.15, 0.2) is 15.6 Å². The molecule has 0 atom stereocenters. The minimum atomic E-state index is -3.39. The topological polar surface area (TPSA) is 105 Å². The van der Waals surface area contributed by atoms with Crippen LogP contribution in [0.2, 0.25) is 0 Å². The summed E-state index contributed by atoms with van der Waals surface area (Å²) in [5.41, 5.74) is 1.31. The van der Waals surface area contributed by atoms with Crippen LogP contribution in [0.25, 0.3) is 10.9 Å². The summed E-state index contributed by atoms with van der Waals surface area (Å²) in [5.74, 6) is -0.447. The number of nitrogens with zero attached hydrogens (tertiary/aromatic N) is 3. The van der Waals surface area contributed by atoms with Crippen molar-refractivity contribution >= 4 is 32.4 Å². The largest absolute Gasteiger partial charge is 0.487 e. The Kier molecular flexibility index (Phi) is 5.66. The molecule has 0 bridgehead atoms. The van der Waals surface area contributed by atoms with E-state index in [4.69, 9.17) is 4.74 Å². The molecule has 1 aromatic heterocycles. The van der Waals surface area contributed by atoms with Gasteiger partial charge in [-0.3, -0.25) is 0 Å². The van der Waals surface area contributed by atoms with Crippen LogP contribution >= 0.6 is 0 Å². The molecule has 0 aliphatic carbocycles. The monoisotopic (exact) mass is 414 g/mol. The number of sulfone groups is 1. The van der Waals surface area contributed by atoms with Crippen molar-refractivity contribution in [3.8, 4) is 11.8 Å². The number of hydrogen-bond acceptors (Lipinski definition) is 7. The van der Waals surface area contributed by atoms with Crippen LogP contribution in [0, 0.1) is 17.1 Å². The third-order valence-electron chi connectivity index (χ3n) is 3.90. The summed E-state index contributed by atoms with van der Waals surface area (Å²) in [6, 6.07) is 9.52. The summed E-state index contributed by atoms with van der Waals surface area (Å²) in [5, 5.41) is 13.0. The smallest absolute Gasteiger partial charge is 0.227 e. The SMILES string of the molecule is CC(C)Oc1c(C#N)ccc2cnc(Nc3ccc(F)c(CS(C)(=O)=O)c3)nc12. The van der Waals surface area contributed by atoms with Crippen LogP contribution in [0.4, 0.5) is 16.0 Å². The first kappa shape index (κ1) is 20.5. The van der Waals surface area contributed by atoms with Crippen molar-refractivity contribution in [2.24, 2.45) is 0 Å². The lowest BCUT2D eigenvalue weighted by molar-refractivity contribution is 0.244. The third-order valence-corrected chi connectivity index (χ3v) is 4.74. The van der Waals surface area contributed by atoms with Crippen LogP contribution in [-0.2, 0) is 15.6 Å². The summed E-state index contributed by atoms with van der Waals surface area (Å²) < 4.78 is 42.7. The maximum atomic E-state index is 13.9. The Morgan fingerprint density at radius 1 is 1.28 bits per heavy atom. The summed E-state index contributed by atoms with van der Waals surface area (Å²) >= 11 is 0. The van der Waals surface area contributed by atoms with Gasteiger partial charge in [0.1, 0.15) is 17.4 Å². The molecule has 9 heteroatoms. The number of nitrogens with one attached hydrogen (secondary N) is 1. The highest BCUT2D eigenvalue weighted by Crippen LogP contribution is 2.30. The molecule has 3 aromatic rings. The van der Waals surface area contributed by atoms with Crippen molar-refractivity contribution in [1.82, 2.24) is 9.97 Å². The minimum absolute atomic E-state index is 0.0499. The zero-order valence-corrected chi connectivity index (χ0v) is 16.9. The zero-order chi connectivity index (χ0) is 21.2. The summed E-state index contributed by atoms with van der Waals surface area (Å²) in [6.07, 6.45) is 2.47. The Morgan fingerprint density at radius 3 is 2.69 bits per heavy atom. The van der Waals surface area contributed by atoms with Crippen molar-refractivity contribution in [2.75, 3.05) is 11.6 Å². The molecular formula is C20H19FN4O3S. The van der Waals surface area contributed by atoms with Crippen molar-refractivity contribution in [1.29, 1.82) is 5.26 Å². The quantitative estimate of drug-likeness (QED) is 0.655. The molecule has 1 heterocycles. The second kappa shape index (κ2) is 8.01.